The second-order valence-electron chi connectivity index (χ2n) is 3.35. The summed E-state index contributed by atoms with van der Waals surface area (Å²) < 4.78 is 0. The number of anilines is 1. The van der Waals surface area contributed by atoms with E-state index in [2.05, 4.69) is 15.3 Å². The van der Waals surface area contributed by atoms with Crippen LogP contribution in [0, 0.1) is 13.8 Å². The van der Waals surface area contributed by atoms with Crippen molar-refractivity contribution in [2.45, 2.75) is 26.7 Å². The van der Waals surface area contributed by atoms with Crippen molar-refractivity contribution in [3.05, 3.63) is 17.6 Å². The van der Waals surface area contributed by atoms with Crippen LogP contribution < -0.4 is 11.1 Å². The predicted molar refractivity (Wildman–Crippen MR) is 58.3 cm³/mol. The van der Waals surface area contributed by atoms with Gasteiger partial charge in [0.2, 0.25) is 0 Å². The van der Waals surface area contributed by atoms with E-state index in [1.807, 2.05) is 13.8 Å². The van der Waals surface area contributed by atoms with Gasteiger partial charge in [0.1, 0.15) is 5.82 Å². The molecule has 0 saturated heterocycles. The summed E-state index contributed by atoms with van der Waals surface area (Å²) in [6, 6.07) is 0. The van der Waals surface area contributed by atoms with Crippen LogP contribution in [0.5, 0.6) is 0 Å². The molecule has 4 nitrogen and oxygen atoms in total. The fraction of sp³-hybridized carbons (Fsp3) is 0.600. The highest BCUT2D eigenvalue weighted by molar-refractivity contribution is 5.32. The number of unbranched alkanes of at least 4 members (excludes halogenated alkanes) is 1. The first-order valence-corrected chi connectivity index (χ1v) is 4.98. The van der Waals surface area contributed by atoms with Gasteiger partial charge in [0.05, 0.1) is 17.6 Å². The molecule has 14 heavy (non-hydrogen) atoms. The van der Waals surface area contributed by atoms with E-state index in [-0.39, 0.29) is 0 Å². The zero-order chi connectivity index (χ0) is 10.4. The minimum Gasteiger partial charge on any atom is -0.369 e. The van der Waals surface area contributed by atoms with Crippen molar-refractivity contribution >= 4 is 5.82 Å². The van der Waals surface area contributed by atoms with Gasteiger partial charge in [-0.25, -0.2) is 4.98 Å². The van der Waals surface area contributed by atoms with Gasteiger partial charge in [0, 0.05) is 6.54 Å². The number of nitrogens with zero attached hydrogens (tertiary/aromatic N) is 2. The minimum absolute atomic E-state index is 0.750. The number of hydrogen-bond donors (Lipinski definition) is 2. The highest BCUT2D eigenvalue weighted by atomic mass is 15.0. The summed E-state index contributed by atoms with van der Waals surface area (Å²) in [6.07, 6.45) is 3.89. The fourth-order valence-corrected chi connectivity index (χ4v) is 1.11. The van der Waals surface area contributed by atoms with Gasteiger partial charge in [-0.1, -0.05) is 0 Å². The lowest BCUT2D eigenvalue weighted by Gasteiger charge is -2.06. The van der Waals surface area contributed by atoms with Crippen molar-refractivity contribution in [1.82, 2.24) is 9.97 Å². The molecule has 0 fully saturated rings. The van der Waals surface area contributed by atoms with Gasteiger partial charge in [-0.05, 0) is 33.2 Å². The number of aromatic nitrogens is 2. The lowest BCUT2D eigenvalue weighted by molar-refractivity contribution is 0.771. The monoisotopic (exact) mass is 194 g/mol. The largest absolute Gasteiger partial charge is 0.369 e. The molecular weight excluding hydrogens is 176 g/mol. The molecule has 0 atom stereocenters. The second-order valence-corrected chi connectivity index (χ2v) is 3.35. The van der Waals surface area contributed by atoms with Crippen LogP contribution in [-0.4, -0.2) is 23.1 Å². The van der Waals surface area contributed by atoms with E-state index in [0.29, 0.717) is 0 Å². The smallest absolute Gasteiger partial charge is 0.144 e. The molecule has 0 amide bonds. The summed E-state index contributed by atoms with van der Waals surface area (Å²) in [5, 5.41) is 3.22. The number of hydrogen-bond acceptors (Lipinski definition) is 4. The third kappa shape index (κ3) is 3.30. The zero-order valence-corrected chi connectivity index (χ0v) is 8.88. The normalized spacial score (nSPS) is 10.2. The first-order valence-electron chi connectivity index (χ1n) is 4.98. The Labute approximate surface area is 85.0 Å². The van der Waals surface area contributed by atoms with E-state index in [4.69, 9.17) is 5.73 Å². The Balaban J connectivity index is 2.39. The van der Waals surface area contributed by atoms with Crippen LogP contribution in [0.3, 0.4) is 0 Å². The Morgan fingerprint density at radius 2 is 2.07 bits per heavy atom. The maximum atomic E-state index is 5.40. The third-order valence-electron chi connectivity index (χ3n) is 2.13. The first kappa shape index (κ1) is 10.9. The van der Waals surface area contributed by atoms with Crippen LogP contribution >= 0.6 is 0 Å². The van der Waals surface area contributed by atoms with E-state index in [1.165, 1.54) is 0 Å². The lowest BCUT2D eigenvalue weighted by atomic mass is 10.3. The predicted octanol–water partition coefficient (Wildman–Crippen LogP) is 1.24. The molecular formula is C10H18N4. The molecule has 1 aromatic heterocycles. The van der Waals surface area contributed by atoms with Crippen LogP contribution in [0.25, 0.3) is 0 Å². The molecule has 4 heteroatoms. The summed E-state index contributed by atoms with van der Waals surface area (Å²) in [5.41, 5.74) is 7.36. The van der Waals surface area contributed by atoms with Gasteiger partial charge in [-0.3, -0.25) is 4.98 Å². The Bertz CT molecular complexity index is 285. The van der Waals surface area contributed by atoms with Crippen LogP contribution in [-0.2, 0) is 0 Å². The molecule has 0 spiro atoms. The third-order valence-corrected chi connectivity index (χ3v) is 2.13. The zero-order valence-electron chi connectivity index (χ0n) is 8.88. The van der Waals surface area contributed by atoms with E-state index in [0.717, 1.165) is 43.1 Å². The summed E-state index contributed by atoms with van der Waals surface area (Å²) >= 11 is 0. The standard InChI is InChI=1S/C10H18N4/c1-8-9(2)14-10(7-13-8)12-6-4-3-5-11/h7H,3-6,11H2,1-2H3,(H,12,14). The van der Waals surface area contributed by atoms with Crippen LogP contribution in [0.15, 0.2) is 6.20 Å². The summed E-state index contributed by atoms with van der Waals surface area (Å²) in [4.78, 5) is 8.59. The molecule has 1 rings (SSSR count). The lowest BCUT2D eigenvalue weighted by Crippen LogP contribution is -2.07. The second kappa shape index (κ2) is 5.54. The van der Waals surface area contributed by atoms with Crippen molar-refractivity contribution in [2.75, 3.05) is 18.4 Å². The fourth-order valence-electron chi connectivity index (χ4n) is 1.11. The average molecular weight is 194 g/mol. The highest BCUT2D eigenvalue weighted by Crippen LogP contribution is 2.05. The number of rotatable bonds is 5. The Hall–Kier alpha value is -1.16. The Morgan fingerprint density at radius 3 is 2.71 bits per heavy atom. The van der Waals surface area contributed by atoms with Crippen molar-refractivity contribution in [3.8, 4) is 0 Å². The molecule has 0 aliphatic heterocycles. The summed E-state index contributed by atoms with van der Waals surface area (Å²) in [7, 11) is 0. The van der Waals surface area contributed by atoms with Crippen LogP contribution in [0.1, 0.15) is 24.2 Å². The molecule has 0 bridgehead atoms. The van der Waals surface area contributed by atoms with E-state index in [9.17, 15) is 0 Å². The summed E-state index contributed by atoms with van der Waals surface area (Å²) in [5.74, 6) is 0.852. The van der Waals surface area contributed by atoms with Gasteiger partial charge in [0.15, 0.2) is 0 Å². The first-order chi connectivity index (χ1) is 6.74. The molecule has 0 aliphatic carbocycles. The van der Waals surface area contributed by atoms with Gasteiger partial charge in [-0.2, -0.15) is 0 Å². The van der Waals surface area contributed by atoms with Crippen LogP contribution in [0.2, 0.25) is 0 Å². The highest BCUT2D eigenvalue weighted by Gasteiger charge is 1.97. The molecule has 0 unspecified atom stereocenters. The quantitative estimate of drug-likeness (QED) is 0.692. The van der Waals surface area contributed by atoms with Gasteiger partial charge in [0.25, 0.3) is 0 Å². The van der Waals surface area contributed by atoms with Crippen molar-refractivity contribution in [1.29, 1.82) is 0 Å². The van der Waals surface area contributed by atoms with Gasteiger partial charge < -0.3 is 11.1 Å². The topological polar surface area (TPSA) is 63.8 Å². The number of nitrogens with two attached hydrogens (primary N) is 1. The van der Waals surface area contributed by atoms with Crippen LogP contribution in [0.4, 0.5) is 5.82 Å². The maximum absolute atomic E-state index is 5.40. The number of nitrogens with one attached hydrogen (secondary N) is 1. The van der Waals surface area contributed by atoms with Gasteiger partial charge in [-0.15, -0.1) is 0 Å². The maximum Gasteiger partial charge on any atom is 0.144 e. The van der Waals surface area contributed by atoms with Gasteiger partial charge >= 0.3 is 0 Å². The molecule has 1 aromatic rings. The molecule has 1 heterocycles. The molecule has 0 radical (unpaired) electrons. The van der Waals surface area contributed by atoms with E-state index >= 15 is 0 Å². The van der Waals surface area contributed by atoms with Crippen molar-refractivity contribution in [3.63, 3.8) is 0 Å². The summed E-state index contributed by atoms with van der Waals surface area (Å²) in [6.45, 7) is 5.59. The SMILES string of the molecule is Cc1ncc(NCCCCN)nc1C. The van der Waals surface area contributed by atoms with Crippen molar-refractivity contribution in [2.24, 2.45) is 5.73 Å². The number of aryl methyl sites for hydroxylation is 2. The molecule has 0 aromatic carbocycles. The molecule has 3 N–H and O–H groups in total. The average Bonchev–Trinajstić information content (AvgIpc) is 2.18. The van der Waals surface area contributed by atoms with Crippen molar-refractivity contribution < 1.29 is 0 Å². The molecule has 0 saturated carbocycles. The Morgan fingerprint density at radius 1 is 1.29 bits per heavy atom. The Kier molecular flexibility index (Phi) is 4.32. The molecule has 0 aliphatic rings. The van der Waals surface area contributed by atoms with E-state index in [1.54, 1.807) is 6.20 Å². The van der Waals surface area contributed by atoms with E-state index < -0.39 is 0 Å². The minimum atomic E-state index is 0.750. The molecule has 78 valence electrons.